The van der Waals surface area contributed by atoms with Crippen molar-refractivity contribution in [3.8, 4) is 16.9 Å². The van der Waals surface area contributed by atoms with Crippen LogP contribution in [0.4, 0.5) is 19.0 Å². The third-order valence-corrected chi connectivity index (χ3v) is 8.39. The monoisotopic (exact) mass is 692 g/mol. The van der Waals surface area contributed by atoms with Crippen molar-refractivity contribution in [2.24, 2.45) is 0 Å². The highest BCUT2D eigenvalue weighted by atomic mass is 35.5. The number of likely N-dealkylation sites (N-methyl/N-ethyl adjacent to an activating group) is 1. The predicted molar refractivity (Wildman–Crippen MR) is 171 cm³/mol. The molecule has 15 heteroatoms. The van der Waals surface area contributed by atoms with E-state index < -0.39 is 44.6 Å². The number of ether oxygens (including phenoxy) is 1. The molecular formula is C32H34ClF3N5O5S+. The number of quaternary nitrogens is 1. The molecule has 250 valence electrons. The molecule has 0 spiro atoms. The van der Waals surface area contributed by atoms with Crippen LogP contribution in [0.5, 0.6) is 0 Å². The Balaban J connectivity index is 1.77. The van der Waals surface area contributed by atoms with Gasteiger partial charge in [-0.15, -0.1) is 5.10 Å². The van der Waals surface area contributed by atoms with Crippen molar-refractivity contribution in [3.05, 3.63) is 95.0 Å². The largest absolute Gasteiger partial charge is 0.456 e. The van der Waals surface area contributed by atoms with Gasteiger partial charge >= 0.3 is 12.1 Å². The van der Waals surface area contributed by atoms with Gasteiger partial charge in [0.05, 0.1) is 49.4 Å². The maximum absolute atomic E-state index is 13.5. The van der Waals surface area contributed by atoms with E-state index in [1.54, 1.807) is 54.6 Å². The van der Waals surface area contributed by atoms with Crippen molar-refractivity contribution in [1.29, 1.82) is 0 Å². The Kier molecular flexibility index (Phi) is 10.7. The molecular weight excluding hydrogens is 659 g/mol. The number of amides is 1. The van der Waals surface area contributed by atoms with Crippen LogP contribution in [0, 0.1) is 0 Å². The molecule has 3 aromatic carbocycles. The molecule has 0 unspecified atom stereocenters. The van der Waals surface area contributed by atoms with Crippen LogP contribution < -0.4 is 10.0 Å². The smallest absolute Gasteiger partial charge is 0.416 e. The topological polar surface area (TPSA) is 119 Å². The molecule has 4 rings (SSSR count). The Bertz CT molecular complexity index is 1820. The van der Waals surface area contributed by atoms with E-state index in [2.05, 4.69) is 15.1 Å². The van der Waals surface area contributed by atoms with Gasteiger partial charge in [-0.25, -0.2) is 13.1 Å². The molecule has 0 aliphatic rings. The number of alkyl halides is 3. The number of nitrogens with one attached hydrogen (secondary N) is 2. The quantitative estimate of drug-likeness (QED) is 0.146. The Morgan fingerprint density at radius 2 is 1.60 bits per heavy atom. The number of nitrogens with zero attached hydrogens (tertiary/aromatic N) is 3. The van der Waals surface area contributed by atoms with E-state index in [1.165, 1.54) is 11.6 Å². The minimum Gasteiger partial charge on any atom is -0.456 e. The summed E-state index contributed by atoms with van der Waals surface area (Å²) in [5, 5.41) is 7.80. The summed E-state index contributed by atoms with van der Waals surface area (Å²) < 4.78 is 76.0. The van der Waals surface area contributed by atoms with Gasteiger partial charge in [0.2, 0.25) is 5.91 Å². The van der Waals surface area contributed by atoms with Gasteiger partial charge < -0.3 is 14.5 Å². The number of benzene rings is 3. The molecule has 1 atom stereocenters. The van der Waals surface area contributed by atoms with Gasteiger partial charge in [0.15, 0.2) is 11.9 Å². The summed E-state index contributed by atoms with van der Waals surface area (Å²) in [5.41, 5.74) is 0.836. The fourth-order valence-electron chi connectivity index (χ4n) is 4.83. The number of hydrogen-bond donors (Lipinski definition) is 2. The van der Waals surface area contributed by atoms with E-state index in [4.69, 9.17) is 16.3 Å². The average molecular weight is 693 g/mol. The van der Waals surface area contributed by atoms with Crippen LogP contribution in [0.3, 0.4) is 0 Å². The fraction of sp³-hybridized carbons (Fsp3) is 0.281. The van der Waals surface area contributed by atoms with Crippen molar-refractivity contribution in [1.82, 2.24) is 15.1 Å². The Labute approximate surface area is 275 Å². The number of carbonyl (C=O) groups is 2. The first-order chi connectivity index (χ1) is 21.9. The van der Waals surface area contributed by atoms with Crippen LogP contribution in [-0.2, 0) is 37.1 Å². The van der Waals surface area contributed by atoms with E-state index in [0.29, 0.717) is 45.1 Å². The second-order valence-electron chi connectivity index (χ2n) is 11.7. The summed E-state index contributed by atoms with van der Waals surface area (Å²) in [5.74, 6) is -1.17. The number of rotatable bonds is 12. The molecule has 1 heterocycles. The van der Waals surface area contributed by atoms with Gasteiger partial charge in [0.1, 0.15) is 6.54 Å². The third-order valence-electron chi connectivity index (χ3n) is 6.78. The molecule has 0 saturated carbocycles. The van der Waals surface area contributed by atoms with E-state index in [1.807, 2.05) is 21.1 Å². The number of aromatic nitrogens is 2. The second-order valence-corrected chi connectivity index (χ2v) is 13.9. The zero-order valence-electron chi connectivity index (χ0n) is 26.0. The highest BCUT2D eigenvalue weighted by Gasteiger charge is 2.31. The molecule has 4 aromatic rings. The van der Waals surface area contributed by atoms with Crippen LogP contribution in [0.25, 0.3) is 16.9 Å². The molecule has 1 aromatic heterocycles. The Hall–Kier alpha value is -4.40. The maximum atomic E-state index is 13.5. The molecule has 47 heavy (non-hydrogen) atoms. The van der Waals surface area contributed by atoms with Crippen molar-refractivity contribution in [3.63, 3.8) is 0 Å². The van der Waals surface area contributed by atoms with E-state index in [-0.39, 0.29) is 24.3 Å². The molecule has 0 aliphatic carbocycles. The van der Waals surface area contributed by atoms with Gasteiger partial charge in [-0.2, -0.15) is 13.2 Å². The molecule has 1 amide bonds. The highest BCUT2D eigenvalue weighted by molar-refractivity contribution is 7.92. The highest BCUT2D eigenvalue weighted by Crippen LogP contribution is 2.34. The Morgan fingerprint density at radius 1 is 0.979 bits per heavy atom. The number of anilines is 1. The molecule has 2 N–H and O–H groups in total. The van der Waals surface area contributed by atoms with E-state index in [0.717, 1.165) is 12.1 Å². The lowest BCUT2D eigenvalue weighted by molar-refractivity contribution is -0.873. The van der Waals surface area contributed by atoms with Crippen LogP contribution >= 0.6 is 11.6 Å². The zero-order chi connectivity index (χ0) is 34.6. The standard InChI is InChI=1S/C32H33ClF3N5O5S/c1-21(42)46-26(20-41(2,3)4)18-29(43)37-19-28-30(22-8-6-5-7-9-22)40(25-14-12-24(33)13-15-25)38-31(28)39-47(44,45)27-16-10-23(11-17-27)32(34,35)36/h5-17,26H,18-20H2,1-4H3,(H-,37,38,39,43)/p+1/t26-/m0/s1. The first-order valence-electron chi connectivity index (χ1n) is 14.3. The summed E-state index contributed by atoms with van der Waals surface area (Å²) in [6, 6.07) is 18.6. The molecule has 10 nitrogen and oxygen atoms in total. The summed E-state index contributed by atoms with van der Waals surface area (Å²) in [4.78, 5) is 24.5. The van der Waals surface area contributed by atoms with E-state index in [9.17, 15) is 31.2 Å². The van der Waals surface area contributed by atoms with Crippen LogP contribution in [-0.4, -0.2) is 68.3 Å². The maximum Gasteiger partial charge on any atom is 0.416 e. The summed E-state index contributed by atoms with van der Waals surface area (Å²) in [7, 11) is 1.22. The lowest BCUT2D eigenvalue weighted by Gasteiger charge is -2.28. The Morgan fingerprint density at radius 3 is 2.15 bits per heavy atom. The summed E-state index contributed by atoms with van der Waals surface area (Å²) in [6.45, 7) is 1.40. The molecule has 0 saturated heterocycles. The average Bonchev–Trinajstić information content (AvgIpc) is 3.32. The van der Waals surface area contributed by atoms with Crippen molar-refractivity contribution in [2.75, 3.05) is 32.4 Å². The number of hydrogen-bond acceptors (Lipinski definition) is 6. The minimum atomic E-state index is -4.65. The van der Waals surface area contributed by atoms with Gasteiger partial charge in [0, 0.05) is 29.6 Å². The summed E-state index contributed by atoms with van der Waals surface area (Å²) in [6.07, 6.45) is -5.53. The van der Waals surface area contributed by atoms with Crippen molar-refractivity contribution in [2.45, 2.75) is 37.1 Å². The zero-order valence-corrected chi connectivity index (χ0v) is 27.6. The molecule has 0 aliphatic heterocycles. The van der Waals surface area contributed by atoms with Gasteiger partial charge in [-0.05, 0) is 48.5 Å². The number of sulfonamides is 1. The minimum absolute atomic E-state index is 0.159. The second kappa shape index (κ2) is 14.2. The van der Waals surface area contributed by atoms with Gasteiger partial charge in [-0.3, -0.25) is 14.3 Å². The molecule has 0 bridgehead atoms. The SMILES string of the molecule is CC(=O)O[C@@H](CC(=O)NCc1c(NS(=O)(=O)c2ccc(C(F)(F)F)cc2)nn(-c2ccc(Cl)cc2)c1-c1ccccc1)C[N+](C)(C)C. The number of esters is 1. The third kappa shape index (κ3) is 9.56. The van der Waals surface area contributed by atoms with Crippen molar-refractivity contribution < 1.29 is 40.4 Å². The van der Waals surface area contributed by atoms with Crippen molar-refractivity contribution >= 4 is 39.3 Å². The van der Waals surface area contributed by atoms with Crippen LogP contribution in [0.2, 0.25) is 5.02 Å². The predicted octanol–water partition coefficient (Wildman–Crippen LogP) is 5.66. The summed E-state index contributed by atoms with van der Waals surface area (Å²) >= 11 is 6.11. The van der Waals surface area contributed by atoms with Gasteiger partial charge in [-0.1, -0.05) is 41.9 Å². The lowest BCUT2D eigenvalue weighted by atomic mass is 10.1. The number of carbonyl (C=O) groups excluding carboxylic acids is 2. The fourth-order valence-corrected chi connectivity index (χ4v) is 5.98. The molecule has 0 fully saturated rings. The van der Waals surface area contributed by atoms with Crippen LogP contribution in [0.15, 0.2) is 83.8 Å². The first-order valence-corrected chi connectivity index (χ1v) is 16.2. The lowest BCUT2D eigenvalue weighted by Crippen LogP contribution is -2.44. The first kappa shape index (κ1) is 35.5. The van der Waals surface area contributed by atoms with Gasteiger partial charge in [0.25, 0.3) is 10.0 Å². The number of halogens is 4. The molecule has 0 radical (unpaired) electrons. The van der Waals surface area contributed by atoms with Crippen LogP contribution in [0.1, 0.15) is 24.5 Å². The normalized spacial score (nSPS) is 12.8. The van der Waals surface area contributed by atoms with E-state index >= 15 is 0 Å².